The number of hydrogen-bond acceptors (Lipinski definition) is 4. The Bertz CT molecular complexity index is 512. The third kappa shape index (κ3) is 3.43. The normalized spacial score (nSPS) is 11.2. The summed E-state index contributed by atoms with van der Waals surface area (Å²) in [5.74, 6) is 0.889. The zero-order valence-corrected chi connectivity index (χ0v) is 11.7. The number of hydrogen-bond donors (Lipinski definition) is 1. The Hall–Kier alpha value is -1.65. The van der Waals surface area contributed by atoms with E-state index in [1.165, 1.54) is 5.56 Å². The van der Waals surface area contributed by atoms with Crippen molar-refractivity contribution in [3.05, 3.63) is 52.4 Å². The van der Waals surface area contributed by atoms with E-state index in [0.717, 1.165) is 35.7 Å². The molecule has 0 saturated heterocycles. The molecule has 0 spiro atoms. The van der Waals surface area contributed by atoms with Crippen LogP contribution in [0, 0.1) is 13.8 Å². The molecule has 1 heterocycles. The summed E-state index contributed by atoms with van der Waals surface area (Å²) in [7, 11) is 2.08. The maximum atomic E-state index is 9.01. The van der Waals surface area contributed by atoms with E-state index in [1.54, 1.807) is 0 Å². The highest BCUT2D eigenvalue weighted by Gasteiger charge is 2.11. The van der Waals surface area contributed by atoms with Crippen LogP contribution in [0.2, 0.25) is 0 Å². The van der Waals surface area contributed by atoms with Gasteiger partial charge < -0.3 is 9.63 Å². The molecule has 19 heavy (non-hydrogen) atoms. The molecule has 0 fully saturated rings. The minimum atomic E-state index is 0.0925. The molecule has 0 bridgehead atoms. The molecule has 2 aromatic rings. The lowest BCUT2D eigenvalue weighted by Gasteiger charge is -2.16. The number of aromatic nitrogens is 1. The van der Waals surface area contributed by atoms with Gasteiger partial charge in [0, 0.05) is 18.7 Å². The molecule has 0 unspecified atom stereocenters. The summed E-state index contributed by atoms with van der Waals surface area (Å²) in [6.07, 6.45) is 0. The van der Waals surface area contributed by atoms with E-state index in [1.807, 2.05) is 26.0 Å². The summed E-state index contributed by atoms with van der Waals surface area (Å²) in [5.41, 5.74) is 4.29. The summed E-state index contributed by atoms with van der Waals surface area (Å²) in [6, 6.07) is 8.02. The van der Waals surface area contributed by atoms with Crippen molar-refractivity contribution in [2.75, 3.05) is 7.05 Å². The van der Waals surface area contributed by atoms with Gasteiger partial charge in [0.2, 0.25) is 0 Å². The smallest absolute Gasteiger partial charge is 0.138 e. The van der Waals surface area contributed by atoms with Crippen LogP contribution in [0.25, 0.3) is 0 Å². The van der Waals surface area contributed by atoms with Gasteiger partial charge in [-0.2, -0.15) is 0 Å². The fourth-order valence-corrected chi connectivity index (χ4v) is 2.12. The van der Waals surface area contributed by atoms with Crippen LogP contribution in [0.3, 0.4) is 0 Å². The number of aryl methyl sites for hydroxylation is 2. The minimum Gasteiger partial charge on any atom is -0.392 e. The van der Waals surface area contributed by atoms with Crippen LogP contribution in [0.5, 0.6) is 0 Å². The number of nitrogens with zero attached hydrogens (tertiary/aromatic N) is 2. The maximum Gasteiger partial charge on any atom is 0.138 e. The number of benzene rings is 1. The molecule has 0 radical (unpaired) electrons. The van der Waals surface area contributed by atoms with Gasteiger partial charge in [-0.25, -0.2) is 0 Å². The molecule has 4 heteroatoms. The summed E-state index contributed by atoms with van der Waals surface area (Å²) >= 11 is 0. The van der Waals surface area contributed by atoms with E-state index in [0.29, 0.717) is 0 Å². The number of rotatable bonds is 5. The second kappa shape index (κ2) is 5.99. The van der Waals surface area contributed by atoms with Crippen molar-refractivity contribution in [2.45, 2.75) is 33.5 Å². The van der Waals surface area contributed by atoms with Gasteiger partial charge in [-0.1, -0.05) is 29.4 Å². The Kier molecular flexibility index (Phi) is 4.35. The van der Waals surface area contributed by atoms with Gasteiger partial charge in [0.25, 0.3) is 0 Å². The minimum absolute atomic E-state index is 0.0925. The topological polar surface area (TPSA) is 49.5 Å². The molecular weight excluding hydrogens is 240 g/mol. The van der Waals surface area contributed by atoms with Gasteiger partial charge in [0.15, 0.2) is 0 Å². The lowest BCUT2D eigenvalue weighted by atomic mass is 10.1. The average molecular weight is 260 g/mol. The van der Waals surface area contributed by atoms with Gasteiger partial charge in [0.1, 0.15) is 5.76 Å². The molecule has 1 N–H and O–H groups in total. The summed E-state index contributed by atoms with van der Waals surface area (Å²) in [5, 5.41) is 13.0. The second-order valence-electron chi connectivity index (χ2n) is 4.95. The van der Waals surface area contributed by atoms with Gasteiger partial charge in [0.05, 0.1) is 12.3 Å². The first-order valence-corrected chi connectivity index (χ1v) is 6.39. The number of aliphatic hydroxyl groups is 1. The zero-order chi connectivity index (χ0) is 13.8. The molecule has 0 saturated carbocycles. The van der Waals surface area contributed by atoms with Gasteiger partial charge in [-0.3, -0.25) is 4.90 Å². The molecule has 0 amide bonds. The Morgan fingerprint density at radius 1 is 1.11 bits per heavy atom. The van der Waals surface area contributed by atoms with Crippen LogP contribution in [0.15, 0.2) is 28.8 Å². The van der Waals surface area contributed by atoms with E-state index in [-0.39, 0.29) is 6.61 Å². The van der Waals surface area contributed by atoms with E-state index in [2.05, 4.69) is 29.2 Å². The van der Waals surface area contributed by atoms with E-state index < -0.39 is 0 Å². The predicted molar refractivity (Wildman–Crippen MR) is 73.5 cm³/mol. The summed E-state index contributed by atoms with van der Waals surface area (Å²) in [4.78, 5) is 2.22. The average Bonchev–Trinajstić information content (AvgIpc) is 2.71. The molecular formula is C15H20N2O2. The van der Waals surface area contributed by atoms with Crippen molar-refractivity contribution in [2.24, 2.45) is 0 Å². The Balaban J connectivity index is 1.99. The van der Waals surface area contributed by atoms with Crippen molar-refractivity contribution >= 4 is 0 Å². The third-order valence-corrected chi connectivity index (χ3v) is 3.27. The highest BCUT2D eigenvalue weighted by atomic mass is 16.5. The van der Waals surface area contributed by atoms with E-state index >= 15 is 0 Å². The lowest BCUT2D eigenvalue weighted by Crippen LogP contribution is -2.18. The van der Waals surface area contributed by atoms with Crippen LogP contribution in [-0.4, -0.2) is 22.2 Å². The van der Waals surface area contributed by atoms with E-state index in [9.17, 15) is 0 Å². The Labute approximate surface area is 113 Å². The monoisotopic (exact) mass is 260 g/mol. The molecule has 0 aliphatic heterocycles. The van der Waals surface area contributed by atoms with Crippen molar-refractivity contribution in [3.63, 3.8) is 0 Å². The lowest BCUT2D eigenvalue weighted by molar-refractivity contribution is 0.281. The molecule has 1 aromatic heterocycles. The van der Waals surface area contributed by atoms with Crippen LogP contribution in [0.4, 0.5) is 0 Å². The molecule has 0 aliphatic rings. The first kappa shape index (κ1) is 13.8. The van der Waals surface area contributed by atoms with E-state index in [4.69, 9.17) is 9.63 Å². The molecule has 102 valence electrons. The highest BCUT2D eigenvalue weighted by Crippen LogP contribution is 2.15. The van der Waals surface area contributed by atoms with Gasteiger partial charge >= 0.3 is 0 Å². The summed E-state index contributed by atoms with van der Waals surface area (Å²) < 4.78 is 5.17. The predicted octanol–water partition coefficient (Wildman–Crippen LogP) is 2.42. The van der Waals surface area contributed by atoms with Gasteiger partial charge in [-0.15, -0.1) is 0 Å². The summed E-state index contributed by atoms with van der Waals surface area (Å²) in [6.45, 7) is 5.68. The first-order valence-electron chi connectivity index (χ1n) is 6.39. The quantitative estimate of drug-likeness (QED) is 0.897. The fraction of sp³-hybridized carbons (Fsp3) is 0.400. The number of aliphatic hydroxyl groups excluding tert-OH is 1. The van der Waals surface area contributed by atoms with Crippen molar-refractivity contribution in [3.8, 4) is 0 Å². The molecule has 4 nitrogen and oxygen atoms in total. The maximum absolute atomic E-state index is 9.01. The van der Waals surface area contributed by atoms with Crippen LogP contribution in [-0.2, 0) is 19.7 Å². The standard InChI is InChI=1S/C15H20N2O2/c1-11-15(12(2)19-16-11)9-17(3)8-13-4-6-14(10-18)7-5-13/h4-7,18H,8-10H2,1-3H3. The SMILES string of the molecule is Cc1noc(C)c1CN(C)Cc1ccc(CO)cc1. The van der Waals surface area contributed by atoms with Crippen LogP contribution < -0.4 is 0 Å². The van der Waals surface area contributed by atoms with Crippen LogP contribution in [0.1, 0.15) is 28.1 Å². The Morgan fingerprint density at radius 3 is 2.26 bits per heavy atom. The first-order chi connectivity index (χ1) is 9.10. The molecule has 2 rings (SSSR count). The van der Waals surface area contributed by atoms with Crippen molar-refractivity contribution < 1.29 is 9.63 Å². The largest absolute Gasteiger partial charge is 0.392 e. The van der Waals surface area contributed by atoms with Gasteiger partial charge in [-0.05, 0) is 32.0 Å². The van der Waals surface area contributed by atoms with Crippen LogP contribution >= 0.6 is 0 Å². The molecule has 0 atom stereocenters. The fourth-order valence-electron chi connectivity index (χ4n) is 2.12. The molecule has 0 aliphatic carbocycles. The molecule has 1 aromatic carbocycles. The highest BCUT2D eigenvalue weighted by molar-refractivity contribution is 5.23. The Morgan fingerprint density at radius 2 is 1.74 bits per heavy atom. The van der Waals surface area contributed by atoms with Crippen molar-refractivity contribution in [1.29, 1.82) is 0 Å². The second-order valence-corrected chi connectivity index (χ2v) is 4.95. The zero-order valence-electron chi connectivity index (χ0n) is 11.7. The third-order valence-electron chi connectivity index (χ3n) is 3.27. The van der Waals surface area contributed by atoms with Crippen molar-refractivity contribution in [1.82, 2.24) is 10.1 Å².